The van der Waals surface area contributed by atoms with Crippen LogP contribution in [0, 0.1) is 6.92 Å². The van der Waals surface area contributed by atoms with Crippen molar-refractivity contribution in [3.63, 3.8) is 0 Å². The highest BCUT2D eigenvalue weighted by Crippen LogP contribution is 2.28. The maximum atomic E-state index is 6.27. The van der Waals surface area contributed by atoms with Crippen molar-refractivity contribution in [2.45, 2.75) is 39.8 Å². The second-order valence-corrected chi connectivity index (χ2v) is 5.33. The molecule has 0 aliphatic rings. The summed E-state index contributed by atoms with van der Waals surface area (Å²) in [5, 5.41) is 4.33. The summed E-state index contributed by atoms with van der Waals surface area (Å²) in [4.78, 5) is 4.56. The maximum absolute atomic E-state index is 6.27. The molecule has 0 bridgehead atoms. The molecule has 108 valence electrons. The van der Waals surface area contributed by atoms with Gasteiger partial charge in [-0.25, -0.2) is 4.98 Å². The summed E-state index contributed by atoms with van der Waals surface area (Å²) in [5.74, 6) is 1.05. The van der Waals surface area contributed by atoms with E-state index in [0.717, 1.165) is 35.9 Å². The Balaban J connectivity index is 2.45. The molecule has 0 saturated carbocycles. The molecule has 1 atom stereocenters. The Morgan fingerprint density at radius 1 is 1.35 bits per heavy atom. The van der Waals surface area contributed by atoms with Crippen molar-refractivity contribution in [2.24, 2.45) is 0 Å². The van der Waals surface area contributed by atoms with Crippen LogP contribution in [-0.2, 0) is 6.54 Å². The molecule has 0 fully saturated rings. The van der Waals surface area contributed by atoms with Crippen LogP contribution in [0.1, 0.15) is 43.3 Å². The minimum absolute atomic E-state index is 0.0836. The molecule has 1 aromatic carbocycles. The topological polar surface area (TPSA) is 29.9 Å². The van der Waals surface area contributed by atoms with Crippen LogP contribution >= 0.6 is 11.6 Å². The number of imidazole rings is 1. The zero-order chi connectivity index (χ0) is 14.5. The number of aryl methyl sites for hydroxylation is 1. The highest BCUT2D eigenvalue weighted by atomic mass is 35.5. The lowest BCUT2D eigenvalue weighted by Gasteiger charge is -2.21. The fraction of sp³-hybridized carbons (Fsp3) is 0.438. The third-order valence-electron chi connectivity index (χ3n) is 3.50. The first-order valence-corrected chi connectivity index (χ1v) is 7.56. The lowest BCUT2D eigenvalue weighted by atomic mass is 10.0. The van der Waals surface area contributed by atoms with Gasteiger partial charge in [0.05, 0.1) is 6.04 Å². The van der Waals surface area contributed by atoms with E-state index in [9.17, 15) is 0 Å². The van der Waals surface area contributed by atoms with Crippen molar-refractivity contribution < 1.29 is 0 Å². The smallest absolute Gasteiger partial charge is 0.130 e. The molecule has 2 aromatic rings. The van der Waals surface area contributed by atoms with Crippen LogP contribution in [0.25, 0.3) is 0 Å². The van der Waals surface area contributed by atoms with Gasteiger partial charge in [-0.15, -0.1) is 0 Å². The quantitative estimate of drug-likeness (QED) is 0.873. The maximum Gasteiger partial charge on any atom is 0.130 e. The van der Waals surface area contributed by atoms with Crippen LogP contribution in [0.2, 0.25) is 5.02 Å². The third-order valence-corrected chi connectivity index (χ3v) is 3.91. The number of rotatable bonds is 6. The molecule has 1 heterocycles. The summed E-state index contributed by atoms with van der Waals surface area (Å²) in [6.45, 7) is 8.22. The van der Waals surface area contributed by atoms with Crippen LogP contribution in [-0.4, -0.2) is 16.1 Å². The Labute approximate surface area is 126 Å². The van der Waals surface area contributed by atoms with E-state index in [2.05, 4.69) is 41.7 Å². The Kier molecular flexibility index (Phi) is 5.21. The molecule has 2 rings (SSSR count). The first-order valence-electron chi connectivity index (χ1n) is 7.18. The van der Waals surface area contributed by atoms with E-state index in [1.165, 1.54) is 5.56 Å². The molecule has 1 unspecified atom stereocenters. The van der Waals surface area contributed by atoms with Crippen molar-refractivity contribution >= 4 is 11.6 Å². The summed E-state index contributed by atoms with van der Waals surface area (Å²) >= 11 is 6.27. The molecule has 0 amide bonds. The van der Waals surface area contributed by atoms with E-state index in [4.69, 9.17) is 11.6 Å². The second kappa shape index (κ2) is 6.91. The van der Waals surface area contributed by atoms with E-state index in [-0.39, 0.29) is 6.04 Å². The van der Waals surface area contributed by atoms with E-state index >= 15 is 0 Å². The molecular formula is C16H22ClN3. The molecule has 0 aliphatic heterocycles. The lowest BCUT2D eigenvalue weighted by molar-refractivity contribution is 0.542. The summed E-state index contributed by atoms with van der Waals surface area (Å²) < 4.78 is 2.22. The molecule has 0 aliphatic carbocycles. The number of hydrogen-bond donors (Lipinski definition) is 1. The first-order chi connectivity index (χ1) is 9.69. The molecule has 1 aromatic heterocycles. The van der Waals surface area contributed by atoms with Crippen LogP contribution in [0.4, 0.5) is 0 Å². The van der Waals surface area contributed by atoms with Gasteiger partial charge in [-0.3, -0.25) is 0 Å². The van der Waals surface area contributed by atoms with Gasteiger partial charge in [-0.2, -0.15) is 0 Å². The van der Waals surface area contributed by atoms with Gasteiger partial charge in [0, 0.05) is 24.0 Å². The number of hydrogen-bond acceptors (Lipinski definition) is 2. The van der Waals surface area contributed by atoms with Gasteiger partial charge in [0.1, 0.15) is 5.82 Å². The van der Waals surface area contributed by atoms with E-state index in [1.807, 2.05) is 24.5 Å². The molecular weight excluding hydrogens is 270 g/mol. The predicted molar refractivity (Wildman–Crippen MR) is 84.2 cm³/mol. The molecule has 0 spiro atoms. The monoisotopic (exact) mass is 291 g/mol. The Morgan fingerprint density at radius 2 is 2.15 bits per heavy atom. The SMILES string of the molecule is CCCn1ccnc1C(NCC)c1cccc(Cl)c1C. The highest BCUT2D eigenvalue weighted by molar-refractivity contribution is 6.31. The molecule has 4 heteroatoms. The predicted octanol–water partition coefficient (Wildman–Crippen LogP) is 3.95. The molecule has 1 N–H and O–H groups in total. The molecule has 3 nitrogen and oxygen atoms in total. The number of aromatic nitrogens is 2. The summed E-state index contributed by atoms with van der Waals surface area (Å²) in [7, 11) is 0. The van der Waals surface area contributed by atoms with E-state index < -0.39 is 0 Å². The Morgan fingerprint density at radius 3 is 2.85 bits per heavy atom. The Bertz CT molecular complexity index is 563. The average molecular weight is 292 g/mol. The molecule has 20 heavy (non-hydrogen) atoms. The fourth-order valence-electron chi connectivity index (χ4n) is 2.49. The zero-order valence-corrected chi connectivity index (χ0v) is 13.1. The van der Waals surface area contributed by atoms with Gasteiger partial charge in [0.2, 0.25) is 0 Å². The molecule has 0 saturated heterocycles. The number of nitrogens with one attached hydrogen (secondary N) is 1. The van der Waals surface area contributed by atoms with Crippen molar-refractivity contribution in [2.75, 3.05) is 6.54 Å². The van der Waals surface area contributed by atoms with Crippen molar-refractivity contribution in [3.05, 3.63) is 52.6 Å². The van der Waals surface area contributed by atoms with Gasteiger partial charge in [0.25, 0.3) is 0 Å². The van der Waals surface area contributed by atoms with Crippen molar-refractivity contribution in [1.29, 1.82) is 0 Å². The number of halogens is 1. The minimum Gasteiger partial charge on any atom is -0.333 e. The molecule has 0 radical (unpaired) electrons. The van der Waals surface area contributed by atoms with Crippen molar-refractivity contribution in [3.8, 4) is 0 Å². The highest BCUT2D eigenvalue weighted by Gasteiger charge is 2.20. The normalized spacial score (nSPS) is 12.6. The van der Waals surface area contributed by atoms with Gasteiger partial charge in [-0.1, -0.05) is 37.6 Å². The Hall–Kier alpha value is -1.32. The zero-order valence-electron chi connectivity index (χ0n) is 12.4. The number of benzene rings is 1. The van der Waals surface area contributed by atoms with E-state index in [1.54, 1.807) is 0 Å². The fourth-order valence-corrected chi connectivity index (χ4v) is 2.67. The minimum atomic E-state index is 0.0836. The largest absolute Gasteiger partial charge is 0.333 e. The second-order valence-electron chi connectivity index (χ2n) is 4.92. The average Bonchev–Trinajstić information content (AvgIpc) is 2.88. The summed E-state index contributed by atoms with van der Waals surface area (Å²) in [5.41, 5.74) is 2.31. The van der Waals surface area contributed by atoms with Gasteiger partial charge in [0.15, 0.2) is 0 Å². The van der Waals surface area contributed by atoms with E-state index in [0.29, 0.717) is 0 Å². The number of nitrogens with zero attached hydrogens (tertiary/aromatic N) is 2. The van der Waals surface area contributed by atoms with Gasteiger partial charge in [-0.05, 0) is 37.1 Å². The van der Waals surface area contributed by atoms with Gasteiger partial charge < -0.3 is 9.88 Å². The summed E-state index contributed by atoms with van der Waals surface area (Å²) in [6.07, 6.45) is 5.01. The lowest BCUT2D eigenvalue weighted by Crippen LogP contribution is -2.26. The first kappa shape index (κ1) is 15.1. The van der Waals surface area contributed by atoms with Crippen LogP contribution < -0.4 is 5.32 Å². The van der Waals surface area contributed by atoms with Crippen LogP contribution in [0.15, 0.2) is 30.6 Å². The standard InChI is InChI=1S/C16H22ClN3/c1-4-10-20-11-9-19-16(20)15(18-5-2)13-7-6-8-14(17)12(13)3/h6-9,11,15,18H,4-5,10H2,1-3H3. The third kappa shape index (κ3) is 3.05. The van der Waals surface area contributed by atoms with Crippen LogP contribution in [0.3, 0.4) is 0 Å². The summed E-state index contributed by atoms with van der Waals surface area (Å²) in [6, 6.07) is 6.14. The van der Waals surface area contributed by atoms with Gasteiger partial charge >= 0.3 is 0 Å². The van der Waals surface area contributed by atoms with Crippen molar-refractivity contribution in [1.82, 2.24) is 14.9 Å². The van der Waals surface area contributed by atoms with Crippen LogP contribution in [0.5, 0.6) is 0 Å².